The van der Waals surface area contributed by atoms with Gasteiger partial charge in [-0.1, -0.05) is 13.3 Å². The summed E-state index contributed by atoms with van der Waals surface area (Å²) in [7, 11) is 1.56. The molecule has 0 bridgehead atoms. The van der Waals surface area contributed by atoms with Crippen molar-refractivity contribution in [3.8, 4) is 0 Å². The van der Waals surface area contributed by atoms with E-state index in [2.05, 4.69) is 5.32 Å². The molecule has 0 spiro atoms. The number of nitrogens with one attached hydrogen (secondary N) is 1. The van der Waals surface area contributed by atoms with Gasteiger partial charge in [0, 0.05) is 13.6 Å². The van der Waals surface area contributed by atoms with Crippen molar-refractivity contribution in [2.45, 2.75) is 32.2 Å². The zero-order valence-corrected chi connectivity index (χ0v) is 10.1. The van der Waals surface area contributed by atoms with Crippen molar-refractivity contribution < 1.29 is 19.5 Å². The van der Waals surface area contributed by atoms with Crippen molar-refractivity contribution in [1.29, 1.82) is 0 Å². The molecular weight excluding hydrogens is 226 g/mol. The minimum Gasteiger partial charge on any atom is -0.480 e. The number of aliphatic carboxylic acids is 1. The van der Waals surface area contributed by atoms with Crippen LogP contribution in [0.3, 0.4) is 0 Å². The average Bonchev–Trinajstić information content (AvgIpc) is 2.23. The monoisotopic (exact) mass is 245 g/mol. The van der Waals surface area contributed by atoms with E-state index in [9.17, 15) is 14.4 Å². The highest BCUT2D eigenvalue weighted by atomic mass is 16.4. The summed E-state index contributed by atoms with van der Waals surface area (Å²) in [6.45, 7) is 2.52. The van der Waals surface area contributed by atoms with Gasteiger partial charge in [-0.15, -0.1) is 0 Å². The molecule has 0 heterocycles. The minimum atomic E-state index is -1.28. The second-order valence-corrected chi connectivity index (χ2v) is 3.79. The van der Waals surface area contributed by atoms with E-state index in [1.54, 1.807) is 7.05 Å². The van der Waals surface area contributed by atoms with Crippen LogP contribution in [0.5, 0.6) is 0 Å². The molecule has 7 nitrogen and oxygen atoms in total. The number of urea groups is 1. The summed E-state index contributed by atoms with van der Waals surface area (Å²) < 4.78 is 0. The fraction of sp³-hybridized carbons (Fsp3) is 0.700. The van der Waals surface area contributed by atoms with E-state index in [4.69, 9.17) is 10.8 Å². The number of primary amides is 1. The maximum absolute atomic E-state index is 11.5. The molecule has 1 atom stereocenters. The van der Waals surface area contributed by atoms with E-state index in [0.717, 1.165) is 12.8 Å². The van der Waals surface area contributed by atoms with Gasteiger partial charge in [0.1, 0.15) is 6.04 Å². The van der Waals surface area contributed by atoms with E-state index in [-0.39, 0.29) is 0 Å². The SMILES string of the molecule is CCCCN(C)C(=O)N[C@@H](CC(N)=O)C(=O)O. The topological polar surface area (TPSA) is 113 Å². The molecule has 0 rings (SSSR count). The van der Waals surface area contributed by atoms with Crippen molar-refractivity contribution in [2.75, 3.05) is 13.6 Å². The van der Waals surface area contributed by atoms with Gasteiger partial charge in [0.05, 0.1) is 6.42 Å². The Morgan fingerprint density at radius 3 is 2.41 bits per heavy atom. The number of carbonyl (C=O) groups excluding carboxylic acids is 2. The van der Waals surface area contributed by atoms with Gasteiger partial charge in [0.2, 0.25) is 5.91 Å². The molecule has 0 aliphatic rings. The summed E-state index contributed by atoms with van der Waals surface area (Å²) in [5, 5.41) is 11.0. The van der Waals surface area contributed by atoms with Crippen molar-refractivity contribution >= 4 is 17.9 Å². The number of nitrogens with zero attached hydrogens (tertiary/aromatic N) is 1. The molecule has 0 aliphatic carbocycles. The van der Waals surface area contributed by atoms with Crippen molar-refractivity contribution in [2.24, 2.45) is 5.73 Å². The van der Waals surface area contributed by atoms with E-state index in [1.807, 2.05) is 6.92 Å². The first-order valence-corrected chi connectivity index (χ1v) is 5.41. The van der Waals surface area contributed by atoms with Gasteiger partial charge in [-0.2, -0.15) is 0 Å². The predicted octanol–water partition coefficient (Wildman–Crippen LogP) is -0.243. The molecule has 0 saturated carbocycles. The third-order valence-electron chi connectivity index (χ3n) is 2.19. The molecule has 17 heavy (non-hydrogen) atoms. The smallest absolute Gasteiger partial charge is 0.326 e. The highest BCUT2D eigenvalue weighted by Crippen LogP contribution is 1.96. The highest BCUT2D eigenvalue weighted by Gasteiger charge is 2.23. The number of carboxylic acids is 1. The number of carboxylic acid groups (broad SMARTS) is 1. The lowest BCUT2D eigenvalue weighted by Gasteiger charge is -2.20. The molecule has 0 aromatic rings. The molecule has 0 aromatic carbocycles. The summed E-state index contributed by atoms with van der Waals surface area (Å²) in [5.41, 5.74) is 4.90. The standard InChI is InChI=1S/C10H19N3O4/c1-3-4-5-13(2)10(17)12-7(9(15)16)6-8(11)14/h7H,3-6H2,1-2H3,(H2,11,14)(H,12,17)(H,15,16)/t7-/m0/s1. The quantitative estimate of drug-likeness (QED) is 0.574. The Morgan fingerprint density at radius 1 is 1.41 bits per heavy atom. The number of unbranched alkanes of at least 4 members (excludes halogenated alkanes) is 1. The van der Waals surface area contributed by atoms with Crippen LogP contribution in [0, 0.1) is 0 Å². The molecule has 0 aliphatic heterocycles. The Bertz CT molecular complexity index is 293. The number of rotatable bonds is 7. The van der Waals surface area contributed by atoms with Crippen LogP contribution in [0.2, 0.25) is 0 Å². The first kappa shape index (κ1) is 15.2. The van der Waals surface area contributed by atoms with Gasteiger partial charge in [-0.25, -0.2) is 9.59 Å². The van der Waals surface area contributed by atoms with Crippen LogP contribution in [-0.2, 0) is 9.59 Å². The second kappa shape index (κ2) is 7.48. The van der Waals surface area contributed by atoms with E-state index >= 15 is 0 Å². The van der Waals surface area contributed by atoms with Crippen LogP contribution in [0.15, 0.2) is 0 Å². The number of hydrogen-bond donors (Lipinski definition) is 3. The first-order valence-electron chi connectivity index (χ1n) is 5.41. The van der Waals surface area contributed by atoms with Gasteiger partial charge >= 0.3 is 12.0 Å². The third kappa shape index (κ3) is 6.39. The number of amides is 3. The van der Waals surface area contributed by atoms with Crippen molar-refractivity contribution in [1.82, 2.24) is 10.2 Å². The molecule has 0 saturated heterocycles. The lowest BCUT2D eigenvalue weighted by atomic mass is 10.2. The normalized spacial score (nSPS) is 11.6. The minimum absolute atomic E-state index is 0.414. The molecule has 0 unspecified atom stereocenters. The lowest BCUT2D eigenvalue weighted by Crippen LogP contribution is -2.48. The molecule has 0 aromatic heterocycles. The zero-order chi connectivity index (χ0) is 13.4. The first-order chi connectivity index (χ1) is 7.88. The van der Waals surface area contributed by atoms with Crippen LogP contribution < -0.4 is 11.1 Å². The van der Waals surface area contributed by atoms with Gasteiger partial charge < -0.3 is 21.1 Å². The Morgan fingerprint density at radius 2 is 2.00 bits per heavy atom. The van der Waals surface area contributed by atoms with Crippen LogP contribution in [0.25, 0.3) is 0 Å². The molecule has 3 amide bonds. The molecular formula is C10H19N3O4. The number of carbonyl (C=O) groups is 3. The van der Waals surface area contributed by atoms with Gasteiger partial charge in [0.25, 0.3) is 0 Å². The number of hydrogen-bond acceptors (Lipinski definition) is 3. The molecule has 98 valence electrons. The summed E-state index contributed by atoms with van der Waals surface area (Å²) in [6.07, 6.45) is 1.35. The van der Waals surface area contributed by atoms with Crippen molar-refractivity contribution in [3.63, 3.8) is 0 Å². The predicted molar refractivity (Wildman–Crippen MR) is 61.3 cm³/mol. The Balaban J connectivity index is 4.29. The second-order valence-electron chi connectivity index (χ2n) is 3.79. The fourth-order valence-corrected chi connectivity index (χ4v) is 1.16. The Kier molecular flexibility index (Phi) is 6.69. The highest BCUT2D eigenvalue weighted by molar-refractivity contribution is 5.87. The van der Waals surface area contributed by atoms with Crippen molar-refractivity contribution in [3.05, 3.63) is 0 Å². The maximum Gasteiger partial charge on any atom is 0.326 e. The summed E-state index contributed by atoms with van der Waals surface area (Å²) >= 11 is 0. The molecule has 0 radical (unpaired) electrons. The zero-order valence-electron chi connectivity index (χ0n) is 10.1. The van der Waals surface area contributed by atoms with Crippen LogP contribution in [0.4, 0.5) is 4.79 Å². The third-order valence-corrected chi connectivity index (χ3v) is 2.19. The molecule has 4 N–H and O–H groups in total. The van der Waals surface area contributed by atoms with E-state index < -0.39 is 30.4 Å². The largest absolute Gasteiger partial charge is 0.480 e. The van der Waals surface area contributed by atoms with Gasteiger partial charge in [-0.3, -0.25) is 4.79 Å². The van der Waals surface area contributed by atoms with Crippen LogP contribution in [-0.4, -0.2) is 47.5 Å². The summed E-state index contributed by atoms with van der Waals surface area (Å²) in [4.78, 5) is 34.3. The summed E-state index contributed by atoms with van der Waals surface area (Å²) in [5.74, 6) is -2.05. The van der Waals surface area contributed by atoms with E-state index in [1.165, 1.54) is 4.90 Å². The summed E-state index contributed by atoms with van der Waals surface area (Å²) in [6, 6.07) is -1.80. The van der Waals surface area contributed by atoms with Gasteiger partial charge in [-0.05, 0) is 6.42 Å². The van der Waals surface area contributed by atoms with Gasteiger partial charge in [0.15, 0.2) is 0 Å². The Labute approximate surface area is 100.0 Å². The molecule has 7 heteroatoms. The maximum atomic E-state index is 11.5. The van der Waals surface area contributed by atoms with Crippen LogP contribution in [0.1, 0.15) is 26.2 Å². The average molecular weight is 245 g/mol. The number of nitrogens with two attached hydrogens (primary N) is 1. The van der Waals surface area contributed by atoms with E-state index in [0.29, 0.717) is 6.54 Å². The molecule has 0 fully saturated rings. The lowest BCUT2D eigenvalue weighted by molar-refractivity contribution is -0.140. The fourth-order valence-electron chi connectivity index (χ4n) is 1.16. The van der Waals surface area contributed by atoms with Crippen LogP contribution >= 0.6 is 0 Å². The Hall–Kier alpha value is -1.79.